The lowest BCUT2D eigenvalue weighted by Gasteiger charge is -2.11. The van der Waals surface area contributed by atoms with Crippen LogP contribution < -0.4 is 15.0 Å². The van der Waals surface area contributed by atoms with Gasteiger partial charge in [-0.1, -0.05) is 28.1 Å². The number of rotatable bonds is 6. The molecule has 0 amide bonds. The van der Waals surface area contributed by atoms with Crippen LogP contribution in [0.4, 0.5) is 0 Å². The minimum Gasteiger partial charge on any atom is -0.493 e. The van der Waals surface area contributed by atoms with Gasteiger partial charge in [-0.3, -0.25) is 4.79 Å². The van der Waals surface area contributed by atoms with Crippen molar-refractivity contribution in [1.29, 1.82) is 5.26 Å². The largest absolute Gasteiger partial charge is 0.493 e. The molecule has 0 fully saturated rings. The van der Waals surface area contributed by atoms with Gasteiger partial charge in [0.2, 0.25) is 5.82 Å². The van der Waals surface area contributed by atoms with Crippen molar-refractivity contribution >= 4 is 66.6 Å². The summed E-state index contributed by atoms with van der Waals surface area (Å²) in [4.78, 5) is 18.2. The highest BCUT2D eigenvalue weighted by molar-refractivity contribution is 14.1. The molecule has 36 heavy (non-hydrogen) atoms. The van der Waals surface area contributed by atoms with Gasteiger partial charge >= 0.3 is 0 Å². The van der Waals surface area contributed by atoms with Gasteiger partial charge in [0, 0.05) is 9.86 Å². The number of furan rings is 1. The number of halogens is 2. The van der Waals surface area contributed by atoms with Gasteiger partial charge in [-0.25, -0.2) is 4.98 Å². The molecule has 178 valence electrons. The van der Waals surface area contributed by atoms with E-state index in [1.54, 1.807) is 30.5 Å². The van der Waals surface area contributed by atoms with Gasteiger partial charge in [-0.05, 0) is 76.7 Å². The molecule has 2 heterocycles. The molecule has 5 rings (SSSR count). The lowest BCUT2D eigenvalue weighted by atomic mass is 10.2. The molecule has 0 aliphatic heterocycles. The predicted octanol–water partition coefficient (Wildman–Crippen LogP) is 5.97. The third kappa shape index (κ3) is 4.59. The molecule has 0 unspecified atom stereocenters. The Hall–Kier alpha value is -3.69. The molecule has 0 radical (unpaired) electrons. The zero-order chi connectivity index (χ0) is 25.2. The fourth-order valence-electron chi connectivity index (χ4n) is 3.70. The van der Waals surface area contributed by atoms with Crippen LogP contribution in [0.15, 0.2) is 79.4 Å². The van der Waals surface area contributed by atoms with Gasteiger partial charge in [0.15, 0.2) is 23.9 Å². The summed E-state index contributed by atoms with van der Waals surface area (Å²) in [5.41, 5.74) is 1.54. The second-order valence-corrected chi connectivity index (χ2v) is 9.67. The second-order valence-electron chi connectivity index (χ2n) is 7.59. The molecule has 8 nitrogen and oxygen atoms in total. The zero-order valence-corrected chi connectivity index (χ0v) is 22.5. The van der Waals surface area contributed by atoms with Crippen LogP contribution in [0.1, 0.15) is 5.56 Å². The number of nitriles is 1. The van der Waals surface area contributed by atoms with Crippen molar-refractivity contribution in [3.8, 4) is 29.2 Å². The molecule has 2 aromatic heterocycles. The SMILES string of the molecule is COc1cc(C=Nn2c(-c3cc4cc(Br)ccc4o3)nc3ccccc3c2=O)cc(I)c1OCC#N. The Morgan fingerprint density at radius 1 is 1.22 bits per heavy atom. The highest BCUT2D eigenvalue weighted by atomic mass is 127. The van der Waals surface area contributed by atoms with Crippen molar-refractivity contribution in [2.75, 3.05) is 13.7 Å². The van der Waals surface area contributed by atoms with Gasteiger partial charge in [-0.15, -0.1) is 0 Å². The van der Waals surface area contributed by atoms with E-state index in [-0.39, 0.29) is 18.0 Å². The first-order valence-electron chi connectivity index (χ1n) is 10.6. The number of hydrogen-bond acceptors (Lipinski definition) is 7. The number of benzene rings is 3. The number of hydrogen-bond donors (Lipinski definition) is 0. The fraction of sp³-hybridized carbons (Fsp3) is 0.0769. The molecule has 0 atom stereocenters. The van der Waals surface area contributed by atoms with Crippen molar-refractivity contribution in [3.63, 3.8) is 0 Å². The summed E-state index contributed by atoms with van der Waals surface area (Å²) in [5.74, 6) is 1.61. The monoisotopic (exact) mass is 654 g/mol. The van der Waals surface area contributed by atoms with Gasteiger partial charge < -0.3 is 13.9 Å². The van der Waals surface area contributed by atoms with E-state index in [2.05, 4.69) is 43.6 Å². The Bertz CT molecular complexity index is 1750. The highest BCUT2D eigenvalue weighted by Gasteiger charge is 2.17. The molecule has 0 saturated heterocycles. The van der Waals surface area contributed by atoms with Crippen molar-refractivity contribution in [2.45, 2.75) is 0 Å². The van der Waals surface area contributed by atoms with Crippen molar-refractivity contribution in [2.24, 2.45) is 5.10 Å². The summed E-state index contributed by atoms with van der Waals surface area (Å²) in [5, 5.41) is 14.6. The molecular formula is C26H16BrIN4O4. The van der Waals surface area contributed by atoms with E-state index in [9.17, 15) is 4.79 Å². The Labute approximate surface area is 227 Å². The van der Waals surface area contributed by atoms with E-state index in [1.165, 1.54) is 11.8 Å². The predicted molar refractivity (Wildman–Crippen MR) is 149 cm³/mol. The first kappa shape index (κ1) is 24.0. The summed E-state index contributed by atoms with van der Waals surface area (Å²) >= 11 is 5.57. The Morgan fingerprint density at radius 2 is 2.06 bits per heavy atom. The Morgan fingerprint density at radius 3 is 2.86 bits per heavy atom. The Kier molecular flexibility index (Phi) is 6.75. The molecule has 0 aliphatic carbocycles. The first-order chi connectivity index (χ1) is 17.5. The van der Waals surface area contributed by atoms with Crippen molar-refractivity contribution in [1.82, 2.24) is 9.66 Å². The van der Waals surface area contributed by atoms with E-state index in [4.69, 9.17) is 24.1 Å². The maximum absolute atomic E-state index is 13.5. The Balaban J connectivity index is 1.66. The van der Waals surface area contributed by atoms with Crippen LogP contribution >= 0.6 is 38.5 Å². The molecule has 5 aromatic rings. The third-order valence-electron chi connectivity index (χ3n) is 5.31. The maximum atomic E-state index is 13.5. The van der Waals surface area contributed by atoms with E-state index < -0.39 is 0 Å². The van der Waals surface area contributed by atoms with Crippen LogP contribution in [0, 0.1) is 14.9 Å². The summed E-state index contributed by atoms with van der Waals surface area (Å²) in [6.45, 7) is -0.102. The second kappa shape index (κ2) is 10.1. The summed E-state index contributed by atoms with van der Waals surface area (Å²) < 4.78 is 19.8. The highest BCUT2D eigenvalue weighted by Crippen LogP contribution is 2.34. The van der Waals surface area contributed by atoms with E-state index >= 15 is 0 Å². The summed E-state index contributed by atoms with van der Waals surface area (Å²) in [6, 6.07) is 20.1. The number of methoxy groups -OCH3 is 1. The topological polar surface area (TPSA) is 103 Å². The number of ether oxygens (including phenoxy) is 2. The normalized spacial score (nSPS) is 11.3. The lowest BCUT2D eigenvalue weighted by Crippen LogP contribution is -2.20. The minimum absolute atomic E-state index is 0.102. The van der Waals surface area contributed by atoms with Gasteiger partial charge in [-0.2, -0.15) is 15.0 Å². The molecule has 0 N–H and O–H groups in total. The molecular weight excluding hydrogens is 639 g/mol. The quantitative estimate of drug-likeness (QED) is 0.165. The van der Waals surface area contributed by atoms with E-state index in [1.807, 2.05) is 42.5 Å². The van der Waals surface area contributed by atoms with Crippen molar-refractivity contribution in [3.05, 3.63) is 84.6 Å². The van der Waals surface area contributed by atoms with Crippen molar-refractivity contribution < 1.29 is 13.9 Å². The summed E-state index contributed by atoms with van der Waals surface area (Å²) in [6.07, 6.45) is 1.54. The van der Waals surface area contributed by atoms with Gasteiger partial charge in [0.25, 0.3) is 5.56 Å². The lowest BCUT2D eigenvalue weighted by molar-refractivity contribution is 0.327. The molecule has 10 heteroatoms. The van der Waals surface area contributed by atoms with Crippen LogP contribution in [0.2, 0.25) is 0 Å². The molecule has 0 bridgehead atoms. The molecule has 3 aromatic carbocycles. The number of fused-ring (bicyclic) bond motifs is 2. The smallest absolute Gasteiger partial charge is 0.282 e. The first-order valence-corrected chi connectivity index (χ1v) is 12.5. The van der Waals surface area contributed by atoms with Gasteiger partial charge in [0.1, 0.15) is 11.7 Å². The fourth-order valence-corrected chi connectivity index (χ4v) is 4.86. The average Bonchev–Trinajstić information content (AvgIpc) is 3.30. The van der Waals surface area contributed by atoms with E-state index in [0.717, 1.165) is 13.4 Å². The van der Waals surface area contributed by atoms with Crippen LogP contribution in [-0.4, -0.2) is 29.6 Å². The maximum Gasteiger partial charge on any atom is 0.282 e. The molecule has 0 spiro atoms. The van der Waals surface area contributed by atoms with Crippen LogP contribution in [-0.2, 0) is 0 Å². The number of aromatic nitrogens is 2. The zero-order valence-electron chi connectivity index (χ0n) is 18.7. The van der Waals surface area contributed by atoms with E-state index in [0.29, 0.717) is 39.3 Å². The number of para-hydroxylation sites is 1. The van der Waals surface area contributed by atoms with Crippen LogP contribution in [0.5, 0.6) is 11.5 Å². The molecule has 0 aliphatic rings. The average molecular weight is 655 g/mol. The number of nitrogens with zero attached hydrogens (tertiary/aromatic N) is 4. The van der Waals surface area contributed by atoms with Gasteiger partial charge in [0.05, 0.1) is 27.8 Å². The minimum atomic E-state index is -0.330. The van der Waals surface area contributed by atoms with Crippen LogP contribution in [0.25, 0.3) is 33.5 Å². The van der Waals surface area contributed by atoms with Crippen LogP contribution in [0.3, 0.4) is 0 Å². The standard InChI is InChI=1S/C26H16BrIN4O4/c1-34-22-11-15(10-19(28)24(22)35-9-8-29)14-30-32-25(31-20-5-3-2-4-18(20)26(32)33)23-13-16-12-17(27)6-7-21(16)36-23/h2-7,10-14H,9H2,1H3. The third-order valence-corrected chi connectivity index (χ3v) is 6.60. The summed E-state index contributed by atoms with van der Waals surface area (Å²) in [7, 11) is 1.52. The molecule has 0 saturated carbocycles.